The highest BCUT2D eigenvalue weighted by Crippen LogP contribution is 2.50. The molecule has 9 heteroatoms. The molecule has 0 bridgehead atoms. The van der Waals surface area contributed by atoms with E-state index in [1.165, 1.54) is 13.8 Å². The molecule has 0 aromatic heterocycles. The Kier molecular flexibility index (Phi) is 6.82. The molecule has 0 fully saturated rings. The van der Waals surface area contributed by atoms with Crippen LogP contribution >= 0.6 is 0 Å². The summed E-state index contributed by atoms with van der Waals surface area (Å²) in [7, 11) is 0.675. The molecule has 0 aromatic carbocycles. The fraction of sp³-hybridized carbons (Fsp3) is 0.917. The topological polar surface area (TPSA) is 35.5 Å². The maximum absolute atomic E-state index is 14.0. The molecular formula is C12H18F6O3. The van der Waals surface area contributed by atoms with E-state index < -0.39 is 49.3 Å². The van der Waals surface area contributed by atoms with Crippen molar-refractivity contribution in [2.45, 2.75) is 63.4 Å². The maximum Gasteiger partial charge on any atom is 0.509 e. The SMILES string of the molecule is CCCC(F)(F)C(CC(F)CC)(OC(=O)OC)C(F)(F)F. The lowest BCUT2D eigenvalue weighted by Gasteiger charge is -2.40. The quantitative estimate of drug-likeness (QED) is 0.505. The number of hydrogen-bond acceptors (Lipinski definition) is 3. The van der Waals surface area contributed by atoms with Gasteiger partial charge in [0.15, 0.2) is 0 Å². The van der Waals surface area contributed by atoms with Gasteiger partial charge in [-0.15, -0.1) is 0 Å². The molecule has 126 valence electrons. The van der Waals surface area contributed by atoms with Crippen LogP contribution < -0.4 is 0 Å². The minimum Gasteiger partial charge on any atom is -0.438 e. The van der Waals surface area contributed by atoms with Crippen LogP contribution in [0.15, 0.2) is 0 Å². The summed E-state index contributed by atoms with van der Waals surface area (Å²) < 4.78 is 88.8. The summed E-state index contributed by atoms with van der Waals surface area (Å²) in [5.41, 5.74) is -4.25. The first-order chi connectivity index (χ1) is 9.47. The van der Waals surface area contributed by atoms with E-state index in [2.05, 4.69) is 9.47 Å². The lowest BCUT2D eigenvalue weighted by Crippen LogP contribution is -2.62. The van der Waals surface area contributed by atoms with Gasteiger partial charge in [-0.05, 0) is 6.42 Å². The lowest BCUT2D eigenvalue weighted by atomic mass is 9.85. The molecule has 0 spiro atoms. The van der Waals surface area contributed by atoms with Crippen molar-refractivity contribution in [2.75, 3.05) is 7.11 Å². The number of carbonyl (C=O) groups is 1. The third-order valence-electron chi connectivity index (χ3n) is 2.99. The molecule has 21 heavy (non-hydrogen) atoms. The van der Waals surface area contributed by atoms with Crippen LogP contribution in [-0.2, 0) is 9.47 Å². The van der Waals surface area contributed by atoms with E-state index in [4.69, 9.17) is 0 Å². The second-order valence-corrected chi connectivity index (χ2v) is 4.55. The molecule has 0 amide bonds. The van der Waals surface area contributed by atoms with Crippen molar-refractivity contribution in [1.29, 1.82) is 0 Å². The molecule has 0 aliphatic carbocycles. The summed E-state index contributed by atoms with van der Waals surface area (Å²) in [6, 6.07) is 0. The summed E-state index contributed by atoms with van der Waals surface area (Å²) in [6.07, 6.45) is -13.4. The minimum absolute atomic E-state index is 0.307. The van der Waals surface area contributed by atoms with Crippen molar-refractivity contribution >= 4 is 6.16 Å². The molecule has 0 aliphatic rings. The summed E-state index contributed by atoms with van der Waals surface area (Å²) in [6.45, 7) is 2.43. The third kappa shape index (κ3) is 4.41. The van der Waals surface area contributed by atoms with Gasteiger partial charge in [0.1, 0.15) is 6.17 Å². The maximum atomic E-state index is 14.0. The van der Waals surface area contributed by atoms with Crippen molar-refractivity contribution in [1.82, 2.24) is 0 Å². The molecule has 0 aliphatic heterocycles. The average molecular weight is 324 g/mol. The molecule has 2 atom stereocenters. The van der Waals surface area contributed by atoms with Gasteiger partial charge in [-0.3, -0.25) is 0 Å². The second kappa shape index (κ2) is 7.22. The zero-order chi connectivity index (χ0) is 16.9. The first-order valence-electron chi connectivity index (χ1n) is 6.33. The van der Waals surface area contributed by atoms with E-state index in [0.717, 1.165) is 0 Å². The first kappa shape index (κ1) is 19.9. The molecule has 0 saturated carbocycles. The van der Waals surface area contributed by atoms with Crippen LogP contribution in [0.3, 0.4) is 0 Å². The van der Waals surface area contributed by atoms with E-state index in [0.29, 0.717) is 7.11 Å². The standard InChI is InChI=1S/C12H18F6O3/c1-4-6-11(14,15)10(12(16,17)18,7-8(13)5-2)21-9(19)20-3/h8H,4-7H2,1-3H3. The van der Waals surface area contributed by atoms with E-state index in [1.54, 1.807) is 0 Å². The molecular weight excluding hydrogens is 306 g/mol. The van der Waals surface area contributed by atoms with Crippen molar-refractivity contribution in [3.8, 4) is 0 Å². The predicted octanol–water partition coefficient (Wildman–Crippen LogP) is 4.64. The van der Waals surface area contributed by atoms with E-state index in [1.807, 2.05) is 0 Å². The van der Waals surface area contributed by atoms with Gasteiger partial charge < -0.3 is 9.47 Å². The van der Waals surface area contributed by atoms with Crippen LogP contribution in [0.25, 0.3) is 0 Å². The van der Waals surface area contributed by atoms with E-state index in [-0.39, 0.29) is 6.42 Å². The van der Waals surface area contributed by atoms with Gasteiger partial charge in [0.25, 0.3) is 11.5 Å². The largest absolute Gasteiger partial charge is 0.509 e. The number of halogens is 6. The van der Waals surface area contributed by atoms with Crippen molar-refractivity contribution < 1.29 is 40.6 Å². The second-order valence-electron chi connectivity index (χ2n) is 4.55. The molecule has 0 aromatic rings. The highest BCUT2D eigenvalue weighted by atomic mass is 19.4. The van der Waals surface area contributed by atoms with Gasteiger partial charge in [0, 0.05) is 12.8 Å². The Morgan fingerprint density at radius 1 is 1.14 bits per heavy atom. The zero-order valence-corrected chi connectivity index (χ0v) is 11.9. The summed E-state index contributed by atoms with van der Waals surface area (Å²) in [5, 5.41) is 0. The van der Waals surface area contributed by atoms with Gasteiger partial charge in [-0.25, -0.2) is 18.0 Å². The lowest BCUT2D eigenvalue weighted by molar-refractivity contribution is -0.339. The Balaban J connectivity index is 5.90. The predicted molar refractivity (Wildman–Crippen MR) is 61.9 cm³/mol. The smallest absolute Gasteiger partial charge is 0.438 e. The average Bonchev–Trinajstić information content (AvgIpc) is 2.35. The molecule has 0 N–H and O–H groups in total. The van der Waals surface area contributed by atoms with E-state index >= 15 is 0 Å². The molecule has 0 heterocycles. The van der Waals surface area contributed by atoms with Gasteiger partial charge in [-0.2, -0.15) is 13.2 Å². The summed E-state index contributed by atoms with van der Waals surface area (Å²) in [4.78, 5) is 11.0. The monoisotopic (exact) mass is 324 g/mol. The van der Waals surface area contributed by atoms with Gasteiger partial charge in [-0.1, -0.05) is 20.3 Å². The number of hydrogen-bond donors (Lipinski definition) is 0. The fourth-order valence-electron chi connectivity index (χ4n) is 1.80. The Hall–Kier alpha value is -1.15. The van der Waals surface area contributed by atoms with Crippen LogP contribution in [0.5, 0.6) is 0 Å². The Morgan fingerprint density at radius 3 is 2.00 bits per heavy atom. The highest BCUT2D eigenvalue weighted by molar-refractivity contribution is 5.60. The Labute approximate surface area is 118 Å². The first-order valence-corrected chi connectivity index (χ1v) is 6.33. The minimum atomic E-state index is -5.65. The Morgan fingerprint density at radius 2 is 1.67 bits per heavy atom. The number of rotatable bonds is 7. The van der Waals surface area contributed by atoms with Crippen LogP contribution in [0.2, 0.25) is 0 Å². The molecule has 2 unspecified atom stereocenters. The third-order valence-corrected chi connectivity index (χ3v) is 2.99. The number of methoxy groups -OCH3 is 1. The summed E-state index contributed by atoms with van der Waals surface area (Å²) in [5.74, 6) is -4.48. The van der Waals surface area contributed by atoms with Crippen molar-refractivity contribution in [3.63, 3.8) is 0 Å². The highest BCUT2D eigenvalue weighted by Gasteiger charge is 2.72. The normalized spacial score (nSPS) is 17.0. The van der Waals surface area contributed by atoms with Gasteiger partial charge in [0.05, 0.1) is 7.11 Å². The van der Waals surface area contributed by atoms with Crippen LogP contribution in [0.4, 0.5) is 31.1 Å². The summed E-state index contributed by atoms with van der Waals surface area (Å²) >= 11 is 0. The number of carbonyl (C=O) groups excluding carboxylic acids is 1. The van der Waals surface area contributed by atoms with Crippen LogP contribution in [-0.4, -0.2) is 37.1 Å². The van der Waals surface area contributed by atoms with Crippen molar-refractivity contribution in [3.05, 3.63) is 0 Å². The molecule has 0 radical (unpaired) electrons. The fourth-order valence-corrected chi connectivity index (χ4v) is 1.80. The number of alkyl halides is 6. The van der Waals surface area contributed by atoms with E-state index in [9.17, 15) is 31.1 Å². The number of ether oxygens (including phenoxy) is 2. The van der Waals surface area contributed by atoms with Crippen molar-refractivity contribution in [2.24, 2.45) is 0 Å². The zero-order valence-electron chi connectivity index (χ0n) is 11.9. The Bertz CT molecular complexity index is 344. The molecule has 0 saturated heterocycles. The molecule has 0 rings (SSSR count). The molecule has 3 nitrogen and oxygen atoms in total. The van der Waals surface area contributed by atoms with Crippen LogP contribution in [0, 0.1) is 0 Å². The van der Waals surface area contributed by atoms with Gasteiger partial charge in [0.2, 0.25) is 0 Å². The van der Waals surface area contributed by atoms with Gasteiger partial charge >= 0.3 is 12.3 Å². The van der Waals surface area contributed by atoms with Crippen LogP contribution in [0.1, 0.15) is 39.5 Å².